The van der Waals surface area contributed by atoms with Crippen molar-refractivity contribution >= 4 is 61.2 Å². The number of benzene rings is 1. The summed E-state index contributed by atoms with van der Waals surface area (Å²) in [7, 11) is -2.72. The molecule has 0 aromatic heterocycles. The summed E-state index contributed by atoms with van der Waals surface area (Å²) in [4.78, 5) is 13.7. The molecule has 2 aliphatic rings. The highest BCUT2D eigenvalue weighted by Crippen LogP contribution is 2.56. The number of alkyl halides is 3. The van der Waals surface area contributed by atoms with Gasteiger partial charge in [0.05, 0.1) is 18.8 Å². The Hall–Kier alpha value is -0.193. The van der Waals surface area contributed by atoms with Crippen molar-refractivity contribution in [3.8, 4) is 0 Å². The van der Waals surface area contributed by atoms with Crippen LogP contribution in [-0.2, 0) is 18.3 Å². The van der Waals surface area contributed by atoms with Gasteiger partial charge in [0.15, 0.2) is 0 Å². The average Bonchev–Trinajstić information content (AvgIpc) is 2.73. The summed E-state index contributed by atoms with van der Waals surface area (Å²) in [6.07, 6.45) is -1.18. The van der Waals surface area contributed by atoms with Crippen molar-refractivity contribution in [2.24, 2.45) is 5.92 Å². The summed E-state index contributed by atoms with van der Waals surface area (Å²) in [5.41, 5.74) is -0.389. The lowest BCUT2D eigenvalue weighted by Crippen LogP contribution is -2.70. The maximum absolute atomic E-state index is 12.7. The summed E-state index contributed by atoms with van der Waals surface area (Å²) in [6.45, 7) is 15.2. The SMILES string of the molecule is C[C@@H]1C(NC(=O)OCC(Cl)(Cl)Cl)[C@H](Sc2ccccc2)OC2CO[Si](C(C)(C)C)(C(C)(C)C)O[C@@H]21. The van der Waals surface area contributed by atoms with Crippen molar-refractivity contribution in [3.05, 3.63) is 30.3 Å². The Bertz CT molecular complexity index is 861. The third kappa shape index (κ3) is 6.82. The molecule has 35 heavy (non-hydrogen) atoms. The van der Waals surface area contributed by atoms with Gasteiger partial charge in [-0.05, 0) is 12.1 Å². The van der Waals surface area contributed by atoms with E-state index in [0.717, 1.165) is 4.90 Å². The zero-order chi connectivity index (χ0) is 26.2. The van der Waals surface area contributed by atoms with Crippen molar-refractivity contribution in [2.45, 2.75) is 90.9 Å². The van der Waals surface area contributed by atoms with E-state index in [1.54, 1.807) is 0 Å². The summed E-state index contributed by atoms with van der Waals surface area (Å²) in [5, 5.41) is 2.62. The van der Waals surface area contributed by atoms with Gasteiger partial charge in [0.2, 0.25) is 3.79 Å². The molecule has 0 saturated carbocycles. The van der Waals surface area contributed by atoms with Crippen LogP contribution >= 0.6 is 46.6 Å². The Kier molecular flexibility index (Phi) is 9.14. The van der Waals surface area contributed by atoms with E-state index in [4.69, 9.17) is 53.1 Å². The number of carbonyl (C=O) groups is 1. The van der Waals surface area contributed by atoms with Crippen LogP contribution in [0, 0.1) is 5.92 Å². The maximum Gasteiger partial charge on any atom is 0.407 e. The van der Waals surface area contributed by atoms with Crippen molar-refractivity contribution in [1.29, 1.82) is 0 Å². The number of hydrogen-bond donors (Lipinski definition) is 1. The van der Waals surface area contributed by atoms with Crippen LogP contribution in [0.5, 0.6) is 0 Å². The van der Waals surface area contributed by atoms with E-state index in [1.165, 1.54) is 11.8 Å². The topological polar surface area (TPSA) is 66.0 Å². The van der Waals surface area contributed by atoms with Crippen molar-refractivity contribution in [1.82, 2.24) is 5.32 Å². The lowest BCUT2D eigenvalue weighted by molar-refractivity contribution is -0.171. The molecule has 198 valence electrons. The quantitative estimate of drug-likeness (QED) is 0.302. The van der Waals surface area contributed by atoms with Crippen molar-refractivity contribution < 1.29 is 23.1 Å². The van der Waals surface area contributed by atoms with Crippen LogP contribution in [-0.4, -0.2) is 55.3 Å². The van der Waals surface area contributed by atoms with E-state index in [9.17, 15) is 4.79 Å². The number of hydrogen-bond acceptors (Lipinski definition) is 6. The Balaban J connectivity index is 1.88. The fraction of sp³-hybridized carbons (Fsp3) is 0.708. The first-order chi connectivity index (χ1) is 16.0. The van der Waals surface area contributed by atoms with Gasteiger partial charge in [-0.2, -0.15) is 0 Å². The van der Waals surface area contributed by atoms with Gasteiger partial charge in [0.25, 0.3) is 0 Å². The molecule has 11 heteroatoms. The van der Waals surface area contributed by atoms with E-state index >= 15 is 0 Å². The molecule has 1 aromatic rings. The molecule has 3 rings (SSSR count). The molecule has 2 saturated heterocycles. The molecule has 2 unspecified atom stereocenters. The lowest BCUT2D eigenvalue weighted by atomic mass is 9.90. The third-order valence-corrected chi connectivity index (χ3v) is 13.1. The molecule has 0 aliphatic carbocycles. The Morgan fingerprint density at radius 2 is 1.71 bits per heavy atom. The minimum absolute atomic E-state index is 0.0873. The van der Waals surface area contributed by atoms with Crippen LogP contribution in [0.1, 0.15) is 48.5 Å². The molecule has 2 heterocycles. The molecule has 1 amide bonds. The van der Waals surface area contributed by atoms with Crippen molar-refractivity contribution in [2.75, 3.05) is 13.2 Å². The van der Waals surface area contributed by atoms with E-state index in [0.29, 0.717) is 6.61 Å². The summed E-state index contributed by atoms with van der Waals surface area (Å²) in [5.74, 6) is -0.0873. The largest absolute Gasteiger partial charge is 0.445 e. The molecule has 0 spiro atoms. The van der Waals surface area contributed by atoms with E-state index < -0.39 is 24.5 Å². The number of rotatable bonds is 4. The first-order valence-electron chi connectivity index (χ1n) is 11.7. The average molecular weight is 585 g/mol. The number of ether oxygens (including phenoxy) is 2. The number of alkyl carbamates (subject to hydrolysis) is 1. The molecule has 6 nitrogen and oxygen atoms in total. The van der Waals surface area contributed by atoms with Crippen LogP contribution in [0.2, 0.25) is 10.1 Å². The normalized spacial score (nSPS) is 29.3. The Morgan fingerprint density at radius 3 is 2.26 bits per heavy atom. The highest BCUT2D eigenvalue weighted by molar-refractivity contribution is 7.99. The van der Waals surface area contributed by atoms with Crippen LogP contribution in [0.3, 0.4) is 0 Å². The highest BCUT2D eigenvalue weighted by Gasteiger charge is 2.64. The number of thioether (sulfide) groups is 1. The number of fused-ring (bicyclic) bond motifs is 1. The number of carbonyl (C=O) groups excluding carboxylic acids is 1. The van der Waals surface area contributed by atoms with Crippen LogP contribution < -0.4 is 5.32 Å². The molecule has 0 bridgehead atoms. The van der Waals surface area contributed by atoms with Gasteiger partial charge in [-0.25, -0.2) is 4.79 Å². The smallest absolute Gasteiger partial charge is 0.407 e. The van der Waals surface area contributed by atoms with Crippen LogP contribution in [0.15, 0.2) is 35.2 Å². The zero-order valence-electron chi connectivity index (χ0n) is 21.3. The molecular formula is C24H36Cl3NO5SSi. The molecule has 0 radical (unpaired) electrons. The minimum Gasteiger partial charge on any atom is -0.445 e. The second kappa shape index (κ2) is 10.9. The van der Waals surface area contributed by atoms with Gasteiger partial charge in [-0.15, -0.1) is 0 Å². The van der Waals surface area contributed by atoms with Crippen molar-refractivity contribution in [3.63, 3.8) is 0 Å². The Morgan fingerprint density at radius 1 is 1.11 bits per heavy atom. The summed E-state index contributed by atoms with van der Waals surface area (Å²) < 4.78 is 23.6. The molecule has 5 atom stereocenters. The number of amides is 1. The van der Waals surface area contributed by atoms with Gasteiger partial charge < -0.3 is 23.6 Å². The first kappa shape index (κ1) is 29.4. The van der Waals surface area contributed by atoms with Gasteiger partial charge in [-0.1, -0.05) is 113 Å². The molecule has 2 aliphatic heterocycles. The minimum atomic E-state index is -2.72. The van der Waals surface area contributed by atoms with E-state index in [2.05, 4.69) is 53.8 Å². The monoisotopic (exact) mass is 583 g/mol. The van der Waals surface area contributed by atoms with E-state index in [-0.39, 0.29) is 40.2 Å². The predicted molar refractivity (Wildman–Crippen MR) is 145 cm³/mol. The second-order valence-corrected chi connectivity index (χ2v) is 19.6. The third-order valence-electron chi connectivity index (χ3n) is 6.43. The maximum atomic E-state index is 12.7. The standard InChI is InChI=1S/C24H36Cl3NO5SSi/c1-15-18(28-21(29)30-14-24(25,26)27)20(34-16-11-9-8-10-12-16)32-17-13-31-35(22(2,3)4,23(5,6)7)33-19(15)17/h8-12,15,17-20H,13-14H2,1-7H3,(H,28,29)/t15-,17?,18?,19-,20+/m1/s1. The highest BCUT2D eigenvalue weighted by atomic mass is 35.6. The van der Waals surface area contributed by atoms with Gasteiger partial charge in [0, 0.05) is 20.9 Å². The fourth-order valence-corrected chi connectivity index (χ4v) is 11.5. The van der Waals surface area contributed by atoms with Crippen LogP contribution in [0.25, 0.3) is 0 Å². The van der Waals surface area contributed by atoms with Gasteiger partial charge in [-0.3, -0.25) is 0 Å². The molecule has 1 aromatic carbocycles. The predicted octanol–water partition coefficient (Wildman–Crippen LogP) is 7.06. The van der Waals surface area contributed by atoms with E-state index in [1.807, 2.05) is 30.3 Å². The number of nitrogens with one attached hydrogen (secondary N) is 1. The molecule has 2 fully saturated rings. The summed E-state index contributed by atoms with van der Waals surface area (Å²) >= 11 is 18.8. The summed E-state index contributed by atoms with van der Waals surface area (Å²) in [6, 6.07) is 9.50. The molecular weight excluding hydrogens is 549 g/mol. The van der Waals surface area contributed by atoms with Gasteiger partial charge >= 0.3 is 14.7 Å². The molecule has 1 N–H and O–H groups in total. The fourth-order valence-electron chi connectivity index (χ4n) is 5.04. The number of halogens is 3. The first-order valence-corrected chi connectivity index (χ1v) is 15.6. The van der Waals surface area contributed by atoms with Crippen LogP contribution in [0.4, 0.5) is 4.79 Å². The second-order valence-electron chi connectivity index (χ2n) is 11.2. The van der Waals surface area contributed by atoms with Gasteiger partial charge in [0.1, 0.15) is 18.1 Å². The Labute approximate surface area is 229 Å². The zero-order valence-corrected chi connectivity index (χ0v) is 25.4. The lowest BCUT2D eigenvalue weighted by Gasteiger charge is -2.58.